The van der Waals surface area contributed by atoms with Crippen molar-refractivity contribution in [1.29, 1.82) is 0 Å². The molecule has 2 heterocycles. The average Bonchev–Trinajstić information content (AvgIpc) is 2.94. The zero-order valence-corrected chi connectivity index (χ0v) is 13.9. The van der Waals surface area contributed by atoms with Gasteiger partial charge in [0.1, 0.15) is 12.4 Å². The quantitative estimate of drug-likeness (QED) is 0.662. The van der Waals surface area contributed by atoms with Gasteiger partial charge in [0.2, 0.25) is 5.16 Å². The van der Waals surface area contributed by atoms with Crippen molar-refractivity contribution < 1.29 is 9.84 Å². The average molecular weight is 381 g/mol. The Morgan fingerprint density at radius 2 is 2.27 bits per heavy atom. The second-order valence-corrected chi connectivity index (χ2v) is 6.39. The molecule has 0 saturated carbocycles. The van der Waals surface area contributed by atoms with Crippen molar-refractivity contribution in [1.82, 2.24) is 19.6 Å². The summed E-state index contributed by atoms with van der Waals surface area (Å²) in [5.74, 6) is 1.71. The molecule has 0 aliphatic carbocycles. The fraction of sp³-hybridized carbons (Fsp3) is 0.214. The minimum Gasteiger partial charge on any atom is -0.491 e. The summed E-state index contributed by atoms with van der Waals surface area (Å²) >= 11 is 4.75. The predicted molar refractivity (Wildman–Crippen MR) is 87.1 cm³/mol. The third-order valence-corrected chi connectivity index (χ3v) is 4.22. The Labute approximate surface area is 139 Å². The summed E-state index contributed by atoms with van der Waals surface area (Å²) in [4.78, 5) is 8.36. The summed E-state index contributed by atoms with van der Waals surface area (Å²) in [7, 11) is 0. The molecule has 2 aromatic heterocycles. The van der Waals surface area contributed by atoms with E-state index in [1.54, 1.807) is 23.0 Å². The predicted octanol–water partition coefficient (Wildman–Crippen LogP) is 2.42. The van der Waals surface area contributed by atoms with Gasteiger partial charge in [-0.15, -0.1) is 5.10 Å². The fourth-order valence-corrected chi connectivity index (χ4v) is 2.85. The second kappa shape index (κ2) is 7.08. The van der Waals surface area contributed by atoms with Crippen molar-refractivity contribution in [3.8, 4) is 5.75 Å². The van der Waals surface area contributed by atoms with Gasteiger partial charge in [-0.2, -0.15) is 4.98 Å². The molecule has 22 heavy (non-hydrogen) atoms. The van der Waals surface area contributed by atoms with Gasteiger partial charge in [-0.25, -0.2) is 9.50 Å². The van der Waals surface area contributed by atoms with E-state index in [9.17, 15) is 5.11 Å². The van der Waals surface area contributed by atoms with Crippen molar-refractivity contribution in [2.75, 3.05) is 12.4 Å². The molecule has 0 aliphatic heterocycles. The second-order valence-electron chi connectivity index (χ2n) is 4.49. The number of hydrogen-bond donors (Lipinski definition) is 1. The van der Waals surface area contributed by atoms with Gasteiger partial charge in [-0.1, -0.05) is 33.8 Å². The highest BCUT2D eigenvalue weighted by Crippen LogP contribution is 2.19. The first-order valence-corrected chi connectivity index (χ1v) is 8.35. The van der Waals surface area contributed by atoms with Gasteiger partial charge in [0.15, 0.2) is 0 Å². The standard InChI is InChI=1S/C14H13BrN4O2S/c15-10-3-1-4-12(7-10)21-8-11(20)9-22-14-17-13-16-5-2-6-19(13)18-14/h1-7,11,20H,8-9H2. The molecule has 3 rings (SSSR count). The van der Waals surface area contributed by atoms with Gasteiger partial charge in [0.25, 0.3) is 5.78 Å². The molecule has 0 spiro atoms. The minimum absolute atomic E-state index is 0.217. The number of aliphatic hydroxyl groups excluding tert-OH is 1. The molecule has 1 atom stereocenters. The number of halogens is 1. The molecule has 0 radical (unpaired) electrons. The smallest absolute Gasteiger partial charge is 0.253 e. The molecule has 0 fully saturated rings. The first-order chi connectivity index (χ1) is 10.7. The van der Waals surface area contributed by atoms with E-state index < -0.39 is 6.10 Å². The lowest BCUT2D eigenvalue weighted by atomic mass is 10.3. The molecule has 3 aromatic rings. The topological polar surface area (TPSA) is 72.5 Å². The number of ether oxygens (including phenoxy) is 1. The van der Waals surface area contributed by atoms with Crippen LogP contribution < -0.4 is 4.74 Å². The van der Waals surface area contributed by atoms with Crippen LogP contribution in [0.15, 0.2) is 52.4 Å². The normalized spacial score (nSPS) is 12.5. The van der Waals surface area contributed by atoms with Crippen LogP contribution in [0.5, 0.6) is 5.75 Å². The monoisotopic (exact) mass is 380 g/mol. The number of thioether (sulfide) groups is 1. The van der Waals surface area contributed by atoms with Crippen molar-refractivity contribution in [2.24, 2.45) is 0 Å². The van der Waals surface area contributed by atoms with Gasteiger partial charge in [0, 0.05) is 22.6 Å². The van der Waals surface area contributed by atoms with Crippen LogP contribution in [0.2, 0.25) is 0 Å². The van der Waals surface area contributed by atoms with Crippen LogP contribution in [0, 0.1) is 0 Å². The minimum atomic E-state index is -0.608. The van der Waals surface area contributed by atoms with Crippen LogP contribution in [0.4, 0.5) is 0 Å². The maximum atomic E-state index is 9.98. The molecule has 8 heteroatoms. The van der Waals surface area contributed by atoms with E-state index in [0.717, 1.165) is 4.47 Å². The molecular weight excluding hydrogens is 368 g/mol. The van der Waals surface area contributed by atoms with E-state index in [4.69, 9.17) is 4.74 Å². The lowest BCUT2D eigenvalue weighted by molar-refractivity contribution is 0.126. The molecule has 1 unspecified atom stereocenters. The van der Waals surface area contributed by atoms with Gasteiger partial charge in [0.05, 0.1) is 6.10 Å². The molecule has 0 amide bonds. The zero-order valence-electron chi connectivity index (χ0n) is 11.5. The van der Waals surface area contributed by atoms with Crippen LogP contribution in [0.25, 0.3) is 5.78 Å². The first-order valence-electron chi connectivity index (χ1n) is 6.57. The van der Waals surface area contributed by atoms with E-state index in [0.29, 0.717) is 22.4 Å². The van der Waals surface area contributed by atoms with E-state index in [-0.39, 0.29) is 6.61 Å². The molecular formula is C14H13BrN4O2S. The fourth-order valence-electron chi connectivity index (χ4n) is 1.74. The third kappa shape index (κ3) is 3.96. The van der Waals surface area contributed by atoms with Crippen molar-refractivity contribution in [2.45, 2.75) is 11.3 Å². The van der Waals surface area contributed by atoms with Crippen molar-refractivity contribution in [3.63, 3.8) is 0 Å². The summed E-state index contributed by atoms with van der Waals surface area (Å²) in [6, 6.07) is 9.29. The molecule has 0 saturated heterocycles. The zero-order chi connectivity index (χ0) is 15.4. The molecule has 1 N–H and O–H groups in total. The molecule has 0 aliphatic rings. The number of benzene rings is 1. The Kier molecular flexibility index (Phi) is 4.91. The number of hydrogen-bond acceptors (Lipinski definition) is 6. The molecule has 6 nitrogen and oxygen atoms in total. The van der Waals surface area contributed by atoms with Crippen molar-refractivity contribution in [3.05, 3.63) is 47.2 Å². The van der Waals surface area contributed by atoms with Crippen LogP contribution in [-0.2, 0) is 0 Å². The third-order valence-electron chi connectivity index (χ3n) is 2.74. The van der Waals surface area contributed by atoms with E-state index in [2.05, 4.69) is 31.0 Å². The first kappa shape index (κ1) is 15.3. The Hall–Kier alpha value is -1.64. The van der Waals surface area contributed by atoms with Crippen LogP contribution in [-0.4, -0.2) is 43.2 Å². The van der Waals surface area contributed by atoms with Crippen LogP contribution in [0.1, 0.15) is 0 Å². The lowest BCUT2D eigenvalue weighted by Crippen LogP contribution is -2.20. The molecule has 0 bridgehead atoms. The SMILES string of the molecule is OC(COc1cccc(Br)c1)CSc1nc2ncccn2n1. The Morgan fingerprint density at radius 1 is 1.36 bits per heavy atom. The van der Waals surface area contributed by atoms with E-state index >= 15 is 0 Å². The Bertz CT molecular complexity index is 734. The molecule has 1 aromatic carbocycles. The largest absolute Gasteiger partial charge is 0.491 e. The summed E-state index contributed by atoms with van der Waals surface area (Å²) in [6.07, 6.45) is 2.84. The van der Waals surface area contributed by atoms with Crippen LogP contribution in [0.3, 0.4) is 0 Å². The summed E-state index contributed by atoms with van der Waals surface area (Å²) < 4.78 is 8.09. The highest BCUT2D eigenvalue weighted by molar-refractivity contribution is 9.10. The highest BCUT2D eigenvalue weighted by Gasteiger charge is 2.10. The number of aromatic nitrogens is 4. The van der Waals surface area contributed by atoms with Gasteiger partial charge >= 0.3 is 0 Å². The van der Waals surface area contributed by atoms with Gasteiger partial charge < -0.3 is 9.84 Å². The van der Waals surface area contributed by atoms with E-state index in [1.165, 1.54) is 11.8 Å². The number of aliphatic hydroxyl groups is 1. The van der Waals surface area contributed by atoms with Crippen LogP contribution >= 0.6 is 27.7 Å². The number of rotatable bonds is 6. The number of fused-ring (bicyclic) bond motifs is 1. The highest BCUT2D eigenvalue weighted by atomic mass is 79.9. The van der Waals surface area contributed by atoms with E-state index in [1.807, 2.05) is 24.3 Å². The Morgan fingerprint density at radius 3 is 3.09 bits per heavy atom. The summed E-state index contributed by atoms with van der Waals surface area (Å²) in [5.41, 5.74) is 0. The van der Waals surface area contributed by atoms with Gasteiger partial charge in [-0.05, 0) is 24.3 Å². The lowest BCUT2D eigenvalue weighted by Gasteiger charge is -2.11. The Balaban J connectivity index is 1.50. The van der Waals surface area contributed by atoms with Gasteiger partial charge in [-0.3, -0.25) is 0 Å². The summed E-state index contributed by atoms with van der Waals surface area (Å²) in [6.45, 7) is 0.217. The summed E-state index contributed by atoms with van der Waals surface area (Å²) in [5, 5.41) is 14.8. The maximum Gasteiger partial charge on any atom is 0.253 e. The number of nitrogens with zero attached hydrogens (tertiary/aromatic N) is 4. The maximum absolute atomic E-state index is 9.98. The van der Waals surface area contributed by atoms with Crippen molar-refractivity contribution >= 4 is 33.5 Å². The molecule has 114 valence electrons.